The number of hydrogen-bond acceptors (Lipinski definition) is 2. The minimum atomic E-state index is -4.19. The predicted molar refractivity (Wildman–Crippen MR) is 49.7 cm³/mol. The fraction of sp³-hybridized carbons (Fsp3) is 1.00. The van der Waals surface area contributed by atoms with E-state index in [1.165, 1.54) is 12.0 Å². The molecule has 2 nitrogen and oxygen atoms in total. The van der Waals surface area contributed by atoms with Crippen LogP contribution >= 0.6 is 11.6 Å². The molecule has 6 heteroatoms. The fourth-order valence-corrected chi connectivity index (χ4v) is 1.36. The highest BCUT2D eigenvalue weighted by Gasteiger charge is 2.32. The molecule has 1 atom stereocenters. The van der Waals surface area contributed by atoms with Gasteiger partial charge in [0.25, 0.3) is 0 Å². The molecule has 0 saturated carbocycles. The SMILES string of the molecule is COCC(C)N(CCCl)CC(F)(F)F. The van der Waals surface area contributed by atoms with E-state index < -0.39 is 12.7 Å². The average Bonchev–Trinajstić information content (AvgIpc) is 2.01. The lowest BCUT2D eigenvalue weighted by Gasteiger charge is -2.28. The number of methoxy groups -OCH3 is 1. The van der Waals surface area contributed by atoms with Crippen molar-refractivity contribution in [1.29, 1.82) is 0 Å². The largest absolute Gasteiger partial charge is 0.401 e. The van der Waals surface area contributed by atoms with E-state index >= 15 is 0 Å². The van der Waals surface area contributed by atoms with Crippen LogP contribution in [0.15, 0.2) is 0 Å². The summed E-state index contributed by atoms with van der Waals surface area (Å²) in [5.74, 6) is 0.185. The van der Waals surface area contributed by atoms with Gasteiger partial charge < -0.3 is 4.74 Å². The summed E-state index contributed by atoms with van der Waals surface area (Å²) in [4.78, 5) is 1.26. The van der Waals surface area contributed by atoms with E-state index in [0.717, 1.165) is 0 Å². The molecular weight excluding hydrogens is 219 g/mol. The van der Waals surface area contributed by atoms with E-state index in [2.05, 4.69) is 0 Å². The molecular formula is C8H15ClF3NO. The number of halogens is 4. The maximum absolute atomic E-state index is 12.1. The third-order valence-electron chi connectivity index (χ3n) is 1.79. The van der Waals surface area contributed by atoms with Gasteiger partial charge in [-0.05, 0) is 6.92 Å². The van der Waals surface area contributed by atoms with Crippen LogP contribution < -0.4 is 0 Å². The first kappa shape index (κ1) is 14.0. The Bertz CT molecular complexity index is 154. The molecule has 1 unspecified atom stereocenters. The maximum atomic E-state index is 12.1. The zero-order valence-electron chi connectivity index (χ0n) is 8.27. The summed E-state index contributed by atoms with van der Waals surface area (Å²) < 4.78 is 41.1. The zero-order valence-corrected chi connectivity index (χ0v) is 9.03. The van der Waals surface area contributed by atoms with E-state index in [0.29, 0.717) is 0 Å². The van der Waals surface area contributed by atoms with Crippen LogP contribution in [0.1, 0.15) is 6.92 Å². The van der Waals surface area contributed by atoms with Gasteiger partial charge in [-0.2, -0.15) is 13.2 Å². The first-order valence-corrected chi connectivity index (χ1v) is 4.80. The van der Waals surface area contributed by atoms with Gasteiger partial charge in [-0.1, -0.05) is 0 Å². The molecule has 0 rings (SSSR count). The average molecular weight is 234 g/mol. The standard InChI is InChI=1S/C8H15ClF3NO/c1-7(5-14-2)13(4-3-9)6-8(10,11)12/h7H,3-6H2,1-2H3. The van der Waals surface area contributed by atoms with Gasteiger partial charge >= 0.3 is 6.18 Å². The van der Waals surface area contributed by atoms with Crippen LogP contribution in [-0.2, 0) is 4.74 Å². The van der Waals surface area contributed by atoms with Gasteiger partial charge in [-0.25, -0.2) is 0 Å². The highest BCUT2D eigenvalue weighted by Crippen LogP contribution is 2.18. The Hall–Kier alpha value is -0.0000000000000000555. The van der Waals surface area contributed by atoms with Crippen molar-refractivity contribution in [2.45, 2.75) is 19.1 Å². The smallest absolute Gasteiger partial charge is 0.383 e. The van der Waals surface area contributed by atoms with E-state index in [1.807, 2.05) is 0 Å². The van der Waals surface area contributed by atoms with Gasteiger partial charge in [-0.15, -0.1) is 11.6 Å². The van der Waals surface area contributed by atoms with Crippen LogP contribution in [0.25, 0.3) is 0 Å². The number of hydrogen-bond donors (Lipinski definition) is 0. The van der Waals surface area contributed by atoms with Crippen LogP contribution in [0.5, 0.6) is 0 Å². The molecule has 0 heterocycles. The van der Waals surface area contributed by atoms with Crippen LogP contribution in [0.2, 0.25) is 0 Å². The van der Waals surface area contributed by atoms with Crippen LogP contribution in [0.4, 0.5) is 13.2 Å². The topological polar surface area (TPSA) is 12.5 Å². The number of alkyl halides is 4. The van der Waals surface area contributed by atoms with Crippen molar-refractivity contribution in [3.63, 3.8) is 0 Å². The van der Waals surface area contributed by atoms with Crippen molar-refractivity contribution < 1.29 is 17.9 Å². The number of nitrogens with zero attached hydrogens (tertiary/aromatic N) is 1. The van der Waals surface area contributed by atoms with Crippen molar-refractivity contribution >= 4 is 11.6 Å². The number of ether oxygens (including phenoxy) is 1. The minimum Gasteiger partial charge on any atom is -0.383 e. The number of rotatable bonds is 6. The van der Waals surface area contributed by atoms with Crippen molar-refractivity contribution in [2.75, 3.05) is 32.7 Å². The Balaban J connectivity index is 4.13. The van der Waals surface area contributed by atoms with Gasteiger partial charge in [-0.3, -0.25) is 4.90 Å². The lowest BCUT2D eigenvalue weighted by Crippen LogP contribution is -2.43. The molecule has 14 heavy (non-hydrogen) atoms. The quantitative estimate of drug-likeness (QED) is 0.652. The second-order valence-corrected chi connectivity index (χ2v) is 3.46. The third kappa shape index (κ3) is 6.45. The minimum absolute atomic E-state index is 0.185. The van der Waals surface area contributed by atoms with Gasteiger partial charge in [0.2, 0.25) is 0 Å². The Morgan fingerprint density at radius 1 is 1.43 bits per heavy atom. The Labute approximate surface area is 87.0 Å². The molecule has 0 aliphatic rings. The highest BCUT2D eigenvalue weighted by atomic mass is 35.5. The molecule has 0 bridgehead atoms. The molecule has 0 aliphatic heterocycles. The summed E-state index contributed by atoms with van der Waals surface area (Å²) in [6, 6.07) is -0.277. The summed E-state index contributed by atoms with van der Waals surface area (Å²) >= 11 is 5.42. The van der Waals surface area contributed by atoms with Gasteiger partial charge in [0.1, 0.15) is 0 Å². The molecule has 0 saturated heterocycles. The van der Waals surface area contributed by atoms with Gasteiger partial charge in [0.05, 0.1) is 13.2 Å². The van der Waals surface area contributed by atoms with Crippen molar-refractivity contribution in [1.82, 2.24) is 4.90 Å². The van der Waals surface area contributed by atoms with E-state index in [4.69, 9.17) is 16.3 Å². The van der Waals surface area contributed by atoms with Crippen molar-refractivity contribution in [3.05, 3.63) is 0 Å². The molecule has 0 fully saturated rings. The zero-order chi connectivity index (χ0) is 11.2. The molecule has 0 aromatic rings. The monoisotopic (exact) mass is 233 g/mol. The fourth-order valence-electron chi connectivity index (χ4n) is 1.14. The molecule has 0 radical (unpaired) electrons. The van der Waals surface area contributed by atoms with Gasteiger partial charge in [0, 0.05) is 25.6 Å². The normalized spacial score (nSPS) is 14.8. The van der Waals surface area contributed by atoms with Crippen LogP contribution in [0.3, 0.4) is 0 Å². The first-order valence-electron chi connectivity index (χ1n) is 4.26. The molecule has 0 aromatic heterocycles. The van der Waals surface area contributed by atoms with Crippen molar-refractivity contribution in [3.8, 4) is 0 Å². The Morgan fingerprint density at radius 3 is 2.36 bits per heavy atom. The Morgan fingerprint density at radius 2 is 2.00 bits per heavy atom. The summed E-state index contributed by atoms with van der Waals surface area (Å²) in [7, 11) is 1.46. The van der Waals surface area contributed by atoms with Crippen LogP contribution in [-0.4, -0.2) is 49.8 Å². The summed E-state index contributed by atoms with van der Waals surface area (Å²) in [5, 5.41) is 0. The molecule has 0 aliphatic carbocycles. The lowest BCUT2D eigenvalue weighted by molar-refractivity contribution is -0.151. The second kappa shape index (κ2) is 6.48. The summed E-state index contributed by atoms with van der Waals surface area (Å²) in [6.07, 6.45) is -4.19. The molecule has 0 N–H and O–H groups in total. The van der Waals surface area contributed by atoms with E-state index in [1.54, 1.807) is 6.92 Å². The molecule has 0 amide bonds. The van der Waals surface area contributed by atoms with Crippen LogP contribution in [0, 0.1) is 0 Å². The summed E-state index contributed by atoms with van der Waals surface area (Å²) in [6.45, 7) is 1.23. The Kier molecular flexibility index (Phi) is 6.48. The first-order chi connectivity index (χ1) is 6.40. The maximum Gasteiger partial charge on any atom is 0.401 e. The highest BCUT2D eigenvalue weighted by molar-refractivity contribution is 6.18. The predicted octanol–water partition coefficient (Wildman–Crippen LogP) is 2.12. The molecule has 86 valence electrons. The third-order valence-corrected chi connectivity index (χ3v) is 1.95. The molecule has 0 spiro atoms. The lowest BCUT2D eigenvalue weighted by atomic mass is 10.3. The van der Waals surface area contributed by atoms with E-state index in [-0.39, 0.29) is 25.1 Å². The van der Waals surface area contributed by atoms with E-state index in [9.17, 15) is 13.2 Å². The van der Waals surface area contributed by atoms with Crippen molar-refractivity contribution in [2.24, 2.45) is 0 Å². The second-order valence-electron chi connectivity index (χ2n) is 3.08. The molecule has 0 aromatic carbocycles. The summed E-state index contributed by atoms with van der Waals surface area (Å²) in [5.41, 5.74) is 0. The van der Waals surface area contributed by atoms with Gasteiger partial charge in [0.15, 0.2) is 0 Å².